The van der Waals surface area contributed by atoms with Crippen LogP contribution in [0.1, 0.15) is 31.4 Å². The number of hydrogen-bond donors (Lipinski definition) is 0. The van der Waals surface area contributed by atoms with Crippen molar-refractivity contribution in [2.45, 2.75) is 31.1 Å². The molecule has 0 amide bonds. The van der Waals surface area contributed by atoms with Crippen LogP contribution in [-0.4, -0.2) is 5.38 Å². The lowest BCUT2D eigenvalue weighted by Crippen LogP contribution is -2.08. The van der Waals surface area contributed by atoms with Crippen molar-refractivity contribution in [2.75, 3.05) is 0 Å². The SMILES string of the molecule is CC1C(Cl)CCC1c1cc2cccc(F)c2o1. The fourth-order valence-electron chi connectivity index (χ4n) is 2.75. The third-order valence-electron chi connectivity index (χ3n) is 3.84. The van der Waals surface area contributed by atoms with E-state index in [4.69, 9.17) is 16.0 Å². The lowest BCUT2D eigenvalue weighted by molar-refractivity contribution is 0.427. The molecule has 2 aromatic rings. The first-order valence-electron chi connectivity index (χ1n) is 5.99. The summed E-state index contributed by atoms with van der Waals surface area (Å²) in [7, 11) is 0. The largest absolute Gasteiger partial charge is 0.458 e. The maximum absolute atomic E-state index is 13.5. The zero-order valence-corrected chi connectivity index (χ0v) is 10.4. The third kappa shape index (κ3) is 1.75. The molecule has 90 valence electrons. The van der Waals surface area contributed by atoms with Crippen LogP contribution >= 0.6 is 11.6 Å². The molecule has 3 rings (SSSR count). The molecular formula is C14H14ClFO. The molecule has 0 aliphatic heterocycles. The summed E-state index contributed by atoms with van der Waals surface area (Å²) in [6, 6.07) is 6.97. The molecule has 3 heteroatoms. The van der Waals surface area contributed by atoms with E-state index in [1.807, 2.05) is 12.1 Å². The molecule has 1 aromatic heterocycles. The van der Waals surface area contributed by atoms with Crippen LogP contribution in [0.5, 0.6) is 0 Å². The lowest BCUT2D eigenvalue weighted by Gasteiger charge is -2.14. The summed E-state index contributed by atoms with van der Waals surface area (Å²) in [5.41, 5.74) is 0.368. The standard InChI is InChI=1S/C14H14ClFO/c1-8-10(5-6-11(8)15)13-7-9-3-2-4-12(16)14(9)17-13/h2-4,7-8,10-11H,5-6H2,1H3. The van der Waals surface area contributed by atoms with Gasteiger partial charge in [0.15, 0.2) is 11.4 Å². The number of rotatable bonds is 1. The molecule has 0 radical (unpaired) electrons. The van der Waals surface area contributed by atoms with Crippen LogP contribution in [0.3, 0.4) is 0 Å². The van der Waals surface area contributed by atoms with Crippen LogP contribution in [0.25, 0.3) is 11.0 Å². The average Bonchev–Trinajstić information content (AvgIpc) is 2.85. The van der Waals surface area contributed by atoms with E-state index >= 15 is 0 Å². The predicted octanol–water partition coefficient (Wildman–Crippen LogP) is 4.69. The summed E-state index contributed by atoms with van der Waals surface area (Å²) in [5, 5.41) is 1.04. The summed E-state index contributed by atoms with van der Waals surface area (Å²) in [5.74, 6) is 1.30. The maximum Gasteiger partial charge on any atom is 0.169 e. The van der Waals surface area contributed by atoms with E-state index in [9.17, 15) is 4.39 Å². The Labute approximate surface area is 105 Å². The smallest absolute Gasteiger partial charge is 0.169 e. The number of para-hydroxylation sites is 1. The van der Waals surface area contributed by atoms with Gasteiger partial charge in [0.1, 0.15) is 5.76 Å². The predicted molar refractivity (Wildman–Crippen MR) is 67.0 cm³/mol. The van der Waals surface area contributed by atoms with Gasteiger partial charge in [0.2, 0.25) is 0 Å². The van der Waals surface area contributed by atoms with Crippen molar-refractivity contribution in [1.82, 2.24) is 0 Å². The van der Waals surface area contributed by atoms with Crippen molar-refractivity contribution >= 4 is 22.6 Å². The minimum Gasteiger partial charge on any atom is -0.458 e. The van der Waals surface area contributed by atoms with Crippen LogP contribution in [0.4, 0.5) is 4.39 Å². The van der Waals surface area contributed by atoms with E-state index in [0.717, 1.165) is 24.0 Å². The zero-order chi connectivity index (χ0) is 12.0. The second-order valence-electron chi connectivity index (χ2n) is 4.87. The Morgan fingerprint density at radius 1 is 1.35 bits per heavy atom. The van der Waals surface area contributed by atoms with Gasteiger partial charge in [-0.25, -0.2) is 4.39 Å². The van der Waals surface area contributed by atoms with Crippen LogP contribution in [0, 0.1) is 11.7 Å². The Bertz CT molecular complexity index is 548. The molecular weight excluding hydrogens is 239 g/mol. The summed E-state index contributed by atoms with van der Waals surface area (Å²) >= 11 is 6.22. The van der Waals surface area contributed by atoms with E-state index in [0.29, 0.717) is 17.4 Å². The molecule has 0 spiro atoms. The van der Waals surface area contributed by atoms with Gasteiger partial charge in [-0.1, -0.05) is 19.1 Å². The summed E-state index contributed by atoms with van der Waals surface area (Å²) in [6.07, 6.45) is 2.03. The fourth-order valence-corrected chi connectivity index (χ4v) is 3.05. The number of fused-ring (bicyclic) bond motifs is 1. The summed E-state index contributed by atoms with van der Waals surface area (Å²) < 4.78 is 19.2. The fraction of sp³-hybridized carbons (Fsp3) is 0.429. The quantitative estimate of drug-likeness (QED) is 0.671. The van der Waals surface area contributed by atoms with Gasteiger partial charge in [0, 0.05) is 16.7 Å². The molecule has 1 saturated carbocycles. The topological polar surface area (TPSA) is 13.1 Å². The second kappa shape index (κ2) is 4.02. The molecule has 1 aliphatic rings. The first kappa shape index (κ1) is 11.1. The van der Waals surface area contributed by atoms with Crippen molar-refractivity contribution in [3.05, 3.63) is 35.8 Å². The number of alkyl halides is 1. The van der Waals surface area contributed by atoms with Crippen molar-refractivity contribution < 1.29 is 8.81 Å². The summed E-state index contributed by atoms with van der Waals surface area (Å²) in [4.78, 5) is 0. The van der Waals surface area contributed by atoms with Gasteiger partial charge in [-0.2, -0.15) is 0 Å². The number of hydrogen-bond acceptors (Lipinski definition) is 1. The first-order valence-corrected chi connectivity index (χ1v) is 6.42. The van der Waals surface area contributed by atoms with Crippen molar-refractivity contribution in [3.8, 4) is 0 Å². The molecule has 1 heterocycles. The second-order valence-corrected chi connectivity index (χ2v) is 5.43. The Morgan fingerprint density at radius 2 is 2.18 bits per heavy atom. The van der Waals surface area contributed by atoms with Gasteiger partial charge in [-0.3, -0.25) is 0 Å². The average molecular weight is 253 g/mol. The zero-order valence-electron chi connectivity index (χ0n) is 9.62. The molecule has 1 nitrogen and oxygen atoms in total. The van der Waals surface area contributed by atoms with Gasteiger partial charge in [-0.05, 0) is 30.9 Å². The number of halogens is 2. The van der Waals surface area contributed by atoms with Crippen molar-refractivity contribution in [1.29, 1.82) is 0 Å². The first-order chi connectivity index (χ1) is 8.16. The highest BCUT2D eigenvalue weighted by atomic mass is 35.5. The van der Waals surface area contributed by atoms with Crippen molar-refractivity contribution in [2.24, 2.45) is 5.92 Å². The van der Waals surface area contributed by atoms with E-state index in [1.165, 1.54) is 6.07 Å². The molecule has 0 bridgehead atoms. The van der Waals surface area contributed by atoms with Gasteiger partial charge in [0.05, 0.1) is 0 Å². The number of benzene rings is 1. The van der Waals surface area contributed by atoms with Crippen LogP contribution in [0.15, 0.2) is 28.7 Å². The molecule has 1 aromatic carbocycles. The molecule has 3 atom stereocenters. The monoisotopic (exact) mass is 252 g/mol. The van der Waals surface area contributed by atoms with Crippen LogP contribution < -0.4 is 0 Å². The number of furan rings is 1. The Balaban J connectivity index is 2.04. The maximum atomic E-state index is 13.5. The van der Waals surface area contributed by atoms with E-state index in [2.05, 4.69) is 6.92 Å². The van der Waals surface area contributed by atoms with E-state index < -0.39 is 0 Å². The minimum absolute atomic E-state index is 0.207. The van der Waals surface area contributed by atoms with Gasteiger partial charge in [0.25, 0.3) is 0 Å². The molecule has 3 unspecified atom stereocenters. The molecule has 0 N–H and O–H groups in total. The normalized spacial score (nSPS) is 29.0. The Kier molecular flexibility index (Phi) is 2.62. The van der Waals surface area contributed by atoms with Crippen LogP contribution in [-0.2, 0) is 0 Å². The highest BCUT2D eigenvalue weighted by Gasteiger charge is 2.34. The molecule has 0 saturated heterocycles. The van der Waals surface area contributed by atoms with Gasteiger partial charge in [-0.15, -0.1) is 11.6 Å². The summed E-state index contributed by atoms with van der Waals surface area (Å²) in [6.45, 7) is 2.14. The Morgan fingerprint density at radius 3 is 2.82 bits per heavy atom. The van der Waals surface area contributed by atoms with E-state index in [1.54, 1.807) is 6.07 Å². The van der Waals surface area contributed by atoms with Crippen molar-refractivity contribution in [3.63, 3.8) is 0 Å². The van der Waals surface area contributed by atoms with E-state index in [-0.39, 0.29) is 11.2 Å². The highest BCUT2D eigenvalue weighted by Crippen LogP contribution is 2.43. The minimum atomic E-state index is -0.290. The van der Waals surface area contributed by atoms with Gasteiger partial charge >= 0.3 is 0 Å². The lowest BCUT2D eigenvalue weighted by atomic mass is 9.95. The molecule has 1 aliphatic carbocycles. The van der Waals surface area contributed by atoms with Crippen LogP contribution in [0.2, 0.25) is 0 Å². The Hall–Kier alpha value is -1.02. The highest BCUT2D eigenvalue weighted by molar-refractivity contribution is 6.21. The molecule has 17 heavy (non-hydrogen) atoms. The third-order valence-corrected chi connectivity index (χ3v) is 4.45. The van der Waals surface area contributed by atoms with Gasteiger partial charge < -0.3 is 4.42 Å². The molecule has 1 fully saturated rings.